The molecule has 0 aliphatic rings. The molecule has 4 N–H and O–H groups in total. The van der Waals surface area contributed by atoms with Gasteiger partial charge in [0.25, 0.3) is 0 Å². The normalized spacial score (nSPS) is 13.0. The van der Waals surface area contributed by atoms with E-state index in [2.05, 4.69) is 34.7 Å². The van der Waals surface area contributed by atoms with Crippen LogP contribution in [0.15, 0.2) is 51.7 Å². The van der Waals surface area contributed by atoms with Crippen LogP contribution in [0, 0.1) is 0 Å². The maximum absolute atomic E-state index is 11.3. The van der Waals surface area contributed by atoms with E-state index in [9.17, 15) is 8.42 Å². The van der Waals surface area contributed by atoms with Gasteiger partial charge in [-0.05, 0) is 31.5 Å². The van der Waals surface area contributed by atoms with Crippen molar-refractivity contribution in [2.24, 2.45) is 10.1 Å². The molecule has 6 nitrogen and oxygen atoms in total. The molecule has 9 heteroatoms. The fraction of sp³-hybridized carbons (Fsp3) is 0.312. The number of thiophene rings is 1. The molecular formula is C16H23IN4O2S2. The Kier molecular flexibility index (Phi) is 8.83. The summed E-state index contributed by atoms with van der Waals surface area (Å²) in [5.74, 6) is 0.680. The third kappa shape index (κ3) is 6.92. The number of hydrogen-bond donors (Lipinski definition) is 3. The summed E-state index contributed by atoms with van der Waals surface area (Å²) in [5, 5.41) is 11.7. The standard InChI is InChI=1S/C16H22N4O2S2.HI/c1-3-18-16(20-12(2)13-7-5-4-6-8-13)19-11-14-9-10-15(23-14)24(17,21)22;/h4-10,12H,3,11H2,1-2H3,(H2,17,21,22)(H2,18,19,20);1H. The molecule has 0 radical (unpaired) electrons. The molecule has 0 bridgehead atoms. The predicted molar refractivity (Wildman–Crippen MR) is 114 cm³/mol. The minimum Gasteiger partial charge on any atom is -0.357 e. The zero-order valence-corrected chi connectivity index (χ0v) is 18.1. The molecule has 2 aromatic rings. The average Bonchev–Trinajstić information content (AvgIpc) is 3.03. The minimum absolute atomic E-state index is 0. The summed E-state index contributed by atoms with van der Waals surface area (Å²) in [5.41, 5.74) is 1.16. The molecule has 1 heterocycles. The monoisotopic (exact) mass is 494 g/mol. The molecule has 1 atom stereocenters. The summed E-state index contributed by atoms with van der Waals surface area (Å²) >= 11 is 1.14. The second-order valence-corrected chi connectivity index (χ2v) is 8.19. The van der Waals surface area contributed by atoms with Gasteiger partial charge in [-0.3, -0.25) is 0 Å². The highest BCUT2D eigenvalue weighted by Crippen LogP contribution is 2.21. The molecule has 1 aromatic heterocycles. The molecule has 2 rings (SSSR count). The van der Waals surface area contributed by atoms with Crippen molar-refractivity contribution in [2.45, 2.75) is 30.6 Å². The fourth-order valence-corrected chi connectivity index (χ4v) is 3.81. The first-order valence-corrected chi connectivity index (χ1v) is 9.97. The maximum Gasteiger partial charge on any atom is 0.247 e. The lowest BCUT2D eigenvalue weighted by Crippen LogP contribution is -2.38. The van der Waals surface area contributed by atoms with Gasteiger partial charge in [0, 0.05) is 11.4 Å². The van der Waals surface area contributed by atoms with E-state index >= 15 is 0 Å². The number of guanidine groups is 1. The van der Waals surface area contributed by atoms with Crippen LogP contribution in [-0.2, 0) is 16.6 Å². The van der Waals surface area contributed by atoms with Crippen molar-refractivity contribution in [1.29, 1.82) is 0 Å². The Bertz CT molecular complexity index is 791. The van der Waals surface area contributed by atoms with Crippen LogP contribution in [0.4, 0.5) is 0 Å². The average molecular weight is 494 g/mol. The molecule has 0 amide bonds. The minimum atomic E-state index is -3.65. The van der Waals surface area contributed by atoms with Gasteiger partial charge < -0.3 is 10.6 Å². The van der Waals surface area contributed by atoms with E-state index in [0.29, 0.717) is 12.5 Å². The highest BCUT2D eigenvalue weighted by molar-refractivity contribution is 14.0. The maximum atomic E-state index is 11.3. The summed E-state index contributed by atoms with van der Waals surface area (Å²) < 4.78 is 22.8. The van der Waals surface area contributed by atoms with E-state index < -0.39 is 10.0 Å². The number of rotatable bonds is 6. The molecule has 0 saturated carbocycles. The van der Waals surface area contributed by atoms with Crippen LogP contribution in [-0.4, -0.2) is 20.9 Å². The van der Waals surface area contributed by atoms with Crippen LogP contribution in [0.2, 0.25) is 0 Å². The summed E-state index contributed by atoms with van der Waals surface area (Å²) in [6, 6.07) is 13.4. The number of nitrogens with one attached hydrogen (secondary N) is 2. The third-order valence-electron chi connectivity index (χ3n) is 3.31. The van der Waals surface area contributed by atoms with Crippen molar-refractivity contribution >= 4 is 51.3 Å². The van der Waals surface area contributed by atoms with Gasteiger partial charge in [-0.15, -0.1) is 35.3 Å². The van der Waals surface area contributed by atoms with Gasteiger partial charge in [0.15, 0.2) is 5.96 Å². The summed E-state index contributed by atoms with van der Waals surface area (Å²) in [6.45, 7) is 5.18. The number of benzene rings is 1. The Labute approximate surface area is 170 Å². The van der Waals surface area contributed by atoms with Gasteiger partial charge in [-0.2, -0.15) is 0 Å². The van der Waals surface area contributed by atoms with Crippen molar-refractivity contribution < 1.29 is 8.42 Å². The SMILES string of the molecule is CCNC(=NCc1ccc(S(N)(=O)=O)s1)NC(C)c1ccccc1.I. The van der Waals surface area contributed by atoms with E-state index in [1.165, 1.54) is 6.07 Å². The number of sulfonamides is 1. The van der Waals surface area contributed by atoms with Gasteiger partial charge in [0.2, 0.25) is 10.0 Å². The topological polar surface area (TPSA) is 96.6 Å². The smallest absolute Gasteiger partial charge is 0.247 e. The largest absolute Gasteiger partial charge is 0.357 e. The highest BCUT2D eigenvalue weighted by atomic mass is 127. The Morgan fingerprint density at radius 2 is 1.92 bits per heavy atom. The van der Waals surface area contributed by atoms with Crippen molar-refractivity contribution in [1.82, 2.24) is 10.6 Å². The Morgan fingerprint density at radius 3 is 2.48 bits per heavy atom. The molecule has 25 heavy (non-hydrogen) atoms. The van der Waals surface area contributed by atoms with Crippen LogP contribution < -0.4 is 15.8 Å². The second kappa shape index (κ2) is 10.1. The number of nitrogens with two attached hydrogens (primary N) is 1. The van der Waals surface area contributed by atoms with Crippen LogP contribution in [0.25, 0.3) is 0 Å². The molecule has 0 fully saturated rings. The van der Waals surface area contributed by atoms with Gasteiger partial charge in [-0.1, -0.05) is 30.3 Å². The first-order chi connectivity index (χ1) is 11.4. The summed E-state index contributed by atoms with van der Waals surface area (Å²) in [6.07, 6.45) is 0. The zero-order chi connectivity index (χ0) is 17.6. The Balaban J connectivity index is 0.00000312. The van der Waals surface area contributed by atoms with Crippen LogP contribution >= 0.6 is 35.3 Å². The quantitative estimate of drug-likeness (QED) is 0.327. The summed E-state index contributed by atoms with van der Waals surface area (Å²) in [7, 11) is -3.65. The van der Waals surface area contributed by atoms with Gasteiger partial charge in [0.05, 0.1) is 12.6 Å². The molecule has 138 valence electrons. The number of halogens is 1. The van der Waals surface area contributed by atoms with E-state index in [4.69, 9.17) is 5.14 Å². The van der Waals surface area contributed by atoms with E-state index in [1.807, 2.05) is 25.1 Å². The number of primary sulfonamides is 1. The van der Waals surface area contributed by atoms with Gasteiger partial charge in [0.1, 0.15) is 4.21 Å². The molecule has 1 aromatic carbocycles. The van der Waals surface area contributed by atoms with E-state index in [0.717, 1.165) is 28.3 Å². The van der Waals surface area contributed by atoms with Crippen LogP contribution in [0.3, 0.4) is 0 Å². The first-order valence-electron chi connectivity index (χ1n) is 7.61. The molecule has 0 aliphatic carbocycles. The third-order valence-corrected chi connectivity index (χ3v) is 5.82. The molecule has 1 unspecified atom stereocenters. The van der Waals surface area contributed by atoms with Crippen molar-refractivity contribution in [3.63, 3.8) is 0 Å². The van der Waals surface area contributed by atoms with Crippen molar-refractivity contribution in [3.05, 3.63) is 52.9 Å². The van der Waals surface area contributed by atoms with Crippen LogP contribution in [0.1, 0.15) is 30.3 Å². The van der Waals surface area contributed by atoms with Crippen molar-refractivity contribution in [3.8, 4) is 0 Å². The van der Waals surface area contributed by atoms with E-state index in [1.54, 1.807) is 6.07 Å². The second-order valence-electron chi connectivity index (χ2n) is 5.24. The number of aliphatic imine (C=N–C) groups is 1. The van der Waals surface area contributed by atoms with Gasteiger partial charge >= 0.3 is 0 Å². The number of nitrogens with zero attached hydrogens (tertiary/aromatic N) is 1. The molecule has 0 spiro atoms. The lowest BCUT2D eigenvalue weighted by Gasteiger charge is -2.18. The first kappa shape index (κ1) is 21.9. The fourth-order valence-electron chi connectivity index (χ4n) is 2.10. The van der Waals surface area contributed by atoms with Gasteiger partial charge in [-0.25, -0.2) is 18.5 Å². The Morgan fingerprint density at radius 1 is 1.24 bits per heavy atom. The van der Waals surface area contributed by atoms with E-state index in [-0.39, 0.29) is 34.2 Å². The Hall–Kier alpha value is -1.17. The van der Waals surface area contributed by atoms with Crippen LogP contribution in [0.5, 0.6) is 0 Å². The highest BCUT2D eigenvalue weighted by Gasteiger charge is 2.11. The van der Waals surface area contributed by atoms with Crippen molar-refractivity contribution in [2.75, 3.05) is 6.54 Å². The molecule has 0 aliphatic heterocycles. The number of hydrogen-bond acceptors (Lipinski definition) is 4. The molecule has 0 saturated heterocycles. The lowest BCUT2D eigenvalue weighted by atomic mass is 10.1. The predicted octanol–water partition coefficient (Wildman–Crippen LogP) is 2.83. The summed E-state index contributed by atoms with van der Waals surface area (Å²) in [4.78, 5) is 5.35. The zero-order valence-electron chi connectivity index (χ0n) is 14.1. The molecular weight excluding hydrogens is 471 g/mol. The lowest BCUT2D eigenvalue weighted by molar-refractivity contribution is 0.600.